The minimum absolute atomic E-state index is 0.00847. The van der Waals surface area contributed by atoms with E-state index in [4.69, 9.17) is 5.26 Å². The molecule has 112 valence electrons. The number of phenolic OH excluding ortho intramolecular Hbond substituents is 1. The van der Waals surface area contributed by atoms with Crippen LogP contribution in [0.4, 0.5) is 5.69 Å². The molecule has 0 aliphatic carbocycles. The fourth-order valence-electron chi connectivity index (χ4n) is 1.99. The van der Waals surface area contributed by atoms with Crippen molar-refractivity contribution >= 4 is 22.4 Å². The quantitative estimate of drug-likeness (QED) is 0.598. The van der Waals surface area contributed by atoms with Crippen molar-refractivity contribution < 1.29 is 9.90 Å². The summed E-state index contributed by atoms with van der Waals surface area (Å²) in [6.45, 7) is 3.83. The molecule has 0 fully saturated rings. The molecule has 3 N–H and O–H groups in total. The number of rotatable bonds is 4. The number of nitrogens with zero attached hydrogens (tertiary/aromatic N) is 1. The first-order chi connectivity index (χ1) is 10.5. The first-order valence-electron chi connectivity index (χ1n) is 6.91. The third-order valence-corrected chi connectivity index (χ3v) is 3.07. The molecular formula is C17H17N3O2. The van der Waals surface area contributed by atoms with E-state index in [1.165, 1.54) is 6.20 Å². The van der Waals surface area contributed by atoms with Gasteiger partial charge in [-0.2, -0.15) is 5.26 Å². The topological polar surface area (TPSA) is 85.2 Å². The van der Waals surface area contributed by atoms with Gasteiger partial charge in [-0.15, -0.1) is 0 Å². The summed E-state index contributed by atoms with van der Waals surface area (Å²) in [4.78, 5) is 12.2. The highest BCUT2D eigenvalue weighted by molar-refractivity contribution is 6.11. The number of carbonyl (C=O) groups excluding carboxylic acids is 1. The molecule has 0 bridgehead atoms. The highest BCUT2D eigenvalue weighted by atomic mass is 16.3. The van der Waals surface area contributed by atoms with Gasteiger partial charge in [0.25, 0.3) is 5.91 Å². The van der Waals surface area contributed by atoms with E-state index in [1.54, 1.807) is 36.4 Å². The van der Waals surface area contributed by atoms with Crippen LogP contribution in [0.2, 0.25) is 0 Å². The molecule has 2 aromatic rings. The van der Waals surface area contributed by atoms with Crippen LogP contribution >= 0.6 is 0 Å². The Hall–Kier alpha value is -3.00. The predicted octanol–water partition coefficient (Wildman–Crippen LogP) is 2.89. The van der Waals surface area contributed by atoms with Crippen LogP contribution < -0.4 is 10.6 Å². The van der Waals surface area contributed by atoms with E-state index in [-0.39, 0.29) is 17.4 Å². The van der Waals surface area contributed by atoms with Crippen LogP contribution in [0.1, 0.15) is 13.8 Å². The molecule has 2 rings (SSSR count). The molecule has 0 saturated heterocycles. The second kappa shape index (κ2) is 6.64. The second-order valence-corrected chi connectivity index (χ2v) is 5.12. The van der Waals surface area contributed by atoms with Crippen molar-refractivity contribution in [3.63, 3.8) is 0 Å². The van der Waals surface area contributed by atoms with Gasteiger partial charge in [-0.25, -0.2) is 0 Å². The van der Waals surface area contributed by atoms with Crippen LogP contribution in [0.15, 0.2) is 48.2 Å². The number of carbonyl (C=O) groups is 1. The number of benzene rings is 2. The van der Waals surface area contributed by atoms with E-state index in [0.29, 0.717) is 16.5 Å². The SMILES string of the molecule is CC(C)N/C=C(/C#N)C(=O)Nc1cccc2c(O)cccc12. The molecule has 5 heteroatoms. The van der Waals surface area contributed by atoms with E-state index in [0.717, 1.165) is 0 Å². The molecule has 22 heavy (non-hydrogen) atoms. The van der Waals surface area contributed by atoms with Crippen LogP contribution in [0.5, 0.6) is 5.75 Å². The number of aromatic hydroxyl groups is 1. The normalized spacial score (nSPS) is 11.3. The molecule has 0 spiro atoms. The molecule has 0 aromatic heterocycles. The maximum atomic E-state index is 12.2. The molecule has 2 aromatic carbocycles. The third kappa shape index (κ3) is 3.36. The van der Waals surface area contributed by atoms with Crippen molar-refractivity contribution in [2.24, 2.45) is 0 Å². The molecule has 0 aliphatic rings. The molecule has 0 aliphatic heterocycles. The largest absolute Gasteiger partial charge is 0.507 e. The Morgan fingerprint density at radius 1 is 1.23 bits per heavy atom. The minimum Gasteiger partial charge on any atom is -0.507 e. The number of fused-ring (bicyclic) bond motifs is 1. The summed E-state index contributed by atoms with van der Waals surface area (Å²) in [6.07, 6.45) is 1.41. The van der Waals surface area contributed by atoms with Crippen LogP contribution in [0, 0.1) is 11.3 Å². The first kappa shape index (κ1) is 15.4. The Bertz CT molecular complexity index is 773. The van der Waals surface area contributed by atoms with Gasteiger partial charge >= 0.3 is 0 Å². The molecular weight excluding hydrogens is 278 g/mol. The Balaban J connectivity index is 2.31. The smallest absolute Gasteiger partial charge is 0.267 e. The van der Waals surface area contributed by atoms with Gasteiger partial charge in [0.05, 0.1) is 0 Å². The molecule has 0 heterocycles. The maximum Gasteiger partial charge on any atom is 0.267 e. The predicted molar refractivity (Wildman–Crippen MR) is 86.2 cm³/mol. The van der Waals surface area contributed by atoms with E-state index >= 15 is 0 Å². The van der Waals surface area contributed by atoms with Gasteiger partial charge < -0.3 is 15.7 Å². The zero-order chi connectivity index (χ0) is 16.1. The van der Waals surface area contributed by atoms with Gasteiger partial charge in [-0.3, -0.25) is 4.79 Å². The minimum atomic E-state index is -0.494. The van der Waals surface area contributed by atoms with Crippen molar-refractivity contribution in [1.29, 1.82) is 5.26 Å². The highest BCUT2D eigenvalue weighted by Crippen LogP contribution is 2.29. The third-order valence-electron chi connectivity index (χ3n) is 3.07. The van der Waals surface area contributed by atoms with Gasteiger partial charge in [-0.05, 0) is 26.0 Å². The van der Waals surface area contributed by atoms with Gasteiger partial charge in [0.2, 0.25) is 0 Å². The summed E-state index contributed by atoms with van der Waals surface area (Å²) in [5.41, 5.74) is 0.537. The summed E-state index contributed by atoms with van der Waals surface area (Å²) in [5, 5.41) is 25.9. The molecule has 0 saturated carbocycles. The van der Waals surface area contributed by atoms with Gasteiger partial charge in [-0.1, -0.05) is 24.3 Å². The number of anilines is 1. The average Bonchev–Trinajstić information content (AvgIpc) is 2.48. The van der Waals surface area contributed by atoms with Crippen LogP contribution in [0.25, 0.3) is 10.8 Å². The highest BCUT2D eigenvalue weighted by Gasteiger charge is 2.12. The maximum absolute atomic E-state index is 12.2. The monoisotopic (exact) mass is 295 g/mol. The molecule has 5 nitrogen and oxygen atoms in total. The zero-order valence-electron chi connectivity index (χ0n) is 12.4. The van der Waals surface area contributed by atoms with Crippen molar-refractivity contribution in [3.8, 4) is 11.8 Å². The molecule has 1 amide bonds. The van der Waals surface area contributed by atoms with E-state index < -0.39 is 5.91 Å². The van der Waals surface area contributed by atoms with Gasteiger partial charge in [0.15, 0.2) is 0 Å². The van der Waals surface area contributed by atoms with Crippen LogP contribution in [0.3, 0.4) is 0 Å². The fraction of sp³-hybridized carbons (Fsp3) is 0.176. The van der Waals surface area contributed by atoms with Crippen LogP contribution in [-0.4, -0.2) is 17.1 Å². The Labute approximate surface area is 128 Å². The number of amides is 1. The van der Waals surface area contributed by atoms with E-state index in [2.05, 4.69) is 10.6 Å². The summed E-state index contributed by atoms with van der Waals surface area (Å²) in [5.74, 6) is -0.349. The van der Waals surface area contributed by atoms with E-state index in [1.807, 2.05) is 19.9 Å². The van der Waals surface area contributed by atoms with Crippen molar-refractivity contribution in [3.05, 3.63) is 48.2 Å². The summed E-state index contributed by atoms with van der Waals surface area (Å²) < 4.78 is 0. The lowest BCUT2D eigenvalue weighted by Crippen LogP contribution is -2.20. The Kier molecular flexibility index (Phi) is 4.64. The average molecular weight is 295 g/mol. The van der Waals surface area contributed by atoms with Crippen molar-refractivity contribution in [1.82, 2.24) is 5.32 Å². The molecule has 0 atom stereocenters. The van der Waals surface area contributed by atoms with Crippen molar-refractivity contribution in [2.45, 2.75) is 19.9 Å². The lowest BCUT2D eigenvalue weighted by atomic mass is 10.1. The summed E-state index contributed by atoms with van der Waals surface area (Å²) in [7, 11) is 0. The lowest BCUT2D eigenvalue weighted by molar-refractivity contribution is -0.112. The molecule has 0 radical (unpaired) electrons. The first-order valence-corrected chi connectivity index (χ1v) is 6.91. The van der Waals surface area contributed by atoms with Crippen molar-refractivity contribution in [2.75, 3.05) is 5.32 Å². The second-order valence-electron chi connectivity index (χ2n) is 5.12. The fourth-order valence-corrected chi connectivity index (χ4v) is 1.99. The van der Waals surface area contributed by atoms with Gasteiger partial charge in [0.1, 0.15) is 17.4 Å². The molecule has 0 unspecified atom stereocenters. The zero-order valence-corrected chi connectivity index (χ0v) is 12.4. The summed E-state index contributed by atoms with van der Waals surface area (Å²) >= 11 is 0. The Morgan fingerprint density at radius 3 is 2.59 bits per heavy atom. The lowest BCUT2D eigenvalue weighted by Gasteiger charge is -2.10. The standard InChI is InChI=1S/C17H17N3O2/c1-11(2)19-10-12(9-18)17(22)20-15-7-3-6-14-13(15)5-4-8-16(14)21/h3-8,10-11,19,21H,1-2H3,(H,20,22)/b12-10-. The number of phenols is 1. The number of nitrogens with one attached hydrogen (secondary N) is 2. The number of nitriles is 1. The van der Waals surface area contributed by atoms with E-state index in [9.17, 15) is 9.90 Å². The Morgan fingerprint density at radius 2 is 1.91 bits per heavy atom. The number of hydrogen-bond donors (Lipinski definition) is 3. The summed E-state index contributed by atoms with van der Waals surface area (Å²) in [6, 6.07) is 12.3. The van der Waals surface area contributed by atoms with Crippen LogP contribution in [-0.2, 0) is 4.79 Å². The number of hydrogen-bond acceptors (Lipinski definition) is 4. The van der Waals surface area contributed by atoms with Gasteiger partial charge in [0, 0.05) is 28.7 Å².